The van der Waals surface area contributed by atoms with Crippen molar-refractivity contribution in [3.63, 3.8) is 0 Å². The highest BCUT2D eigenvalue weighted by atomic mass is 16.5. The molecule has 0 spiro atoms. The molecule has 2 atom stereocenters. The summed E-state index contributed by atoms with van der Waals surface area (Å²) in [5.41, 5.74) is 7.12. The van der Waals surface area contributed by atoms with Gasteiger partial charge >= 0.3 is 0 Å². The number of anilines is 1. The van der Waals surface area contributed by atoms with Gasteiger partial charge in [-0.15, -0.1) is 0 Å². The third-order valence-corrected chi connectivity index (χ3v) is 3.62. The molecule has 0 aliphatic heterocycles. The lowest BCUT2D eigenvalue weighted by molar-refractivity contribution is 0.411. The molecule has 2 unspecified atom stereocenters. The highest BCUT2D eigenvalue weighted by Gasteiger charge is 2.20. The van der Waals surface area contributed by atoms with Crippen molar-refractivity contribution in [1.29, 1.82) is 0 Å². The van der Waals surface area contributed by atoms with Crippen LogP contribution in [0.15, 0.2) is 24.3 Å². The Kier molecular flexibility index (Phi) is 5.99. The Balaban J connectivity index is 2.78. The predicted molar refractivity (Wildman–Crippen MR) is 78.3 cm³/mol. The smallest absolute Gasteiger partial charge is 0.119 e. The van der Waals surface area contributed by atoms with Crippen LogP contribution in [-0.4, -0.2) is 26.7 Å². The molecule has 1 rings (SSSR count). The van der Waals surface area contributed by atoms with Crippen molar-refractivity contribution in [3.05, 3.63) is 24.3 Å². The van der Waals surface area contributed by atoms with Crippen molar-refractivity contribution in [1.82, 2.24) is 0 Å². The van der Waals surface area contributed by atoms with E-state index in [1.54, 1.807) is 7.11 Å². The summed E-state index contributed by atoms with van der Waals surface area (Å²) in [5, 5.41) is 0. The molecule has 0 saturated carbocycles. The average Bonchev–Trinajstić information content (AvgIpc) is 2.40. The summed E-state index contributed by atoms with van der Waals surface area (Å²) in [4.78, 5) is 2.28. The summed E-state index contributed by atoms with van der Waals surface area (Å²) in [6.45, 7) is 5.18. The van der Waals surface area contributed by atoms with E-state index in [0.29, 0.717) is 18.5 Å². The molecule has 1 aromatic rings. The lowest BCUT2D eigenvalue weighted by Gasteiger charge is -2.33. The van der Waals surface area contributed by atoms with Gasteiger partial charge in [-0.2, -0.15) is 0 Å². The molecule has 3 heteroatoms. The fourth-order valence-corrected chi connectivity index (χ4v) is 2.43. The molecule has 0 aliphatic rings. The first-order chi connectivity index (χ1) is 8.63. The Morgan fingerprint density at radius 1 is 1.28 bits per heavy atom. The van der Waals surface area contributed by atoms with Gasteiger partial charge in [0.2, 0.25) is 0 Å². The number of methoxy groups -OCH3 is 1. The van der Waals surface area contributed by atoms with E-state index in [-0.39, 0.29) is 0 Å². The molecule has 1 aromatic carbocycles. The Bertz CT molecular complexity index is 337. The minimum Gasteiger partial charge on any atom is -0.497 e. The largest absolute Gasteiger partial charge is 0.497 e. The van der Waals surface area contributed by atoms with Crippen LogP contribution in [0.2, 0.25) is 0 Å². The van der Waals surface area contributed by atoms with Gasteiger partial charge in [0.25, 0.3) is 0 Å². The molecular weight excluding hydrogens is 224 g/mol. The second-order valence-corrected chi connectivity index (χ2v) is 4.88. The lowest BCUT2D eigenvalue weighted by Crippen LogP contribution is -2.42. The summed E-state index contributed by atoms with van der Waals surface area (Å²) < 4.78 is 5.18. The van der Waals surface area contributed by atoms with E-state index < -0.39 is 0 Å². The number of nitrogens with two attached hydrogens (primary N) is 1. The standard InChI is InChI=1S/C15H26N2O/c1-5-6-12(2)15(11-16)17(3)13-7-9-14(18-4)10-8-13/h7-10,12,15H,5-6,11,16H2,1-4H3. The van der Waals surface area contributed by atoms with Crippen LogP contribution in [0.1, 0.15) is 26.7 Å². The summed E-state index contributed by atoms with van der Waals surface area (Å²) in [5.74, 6) is 1.49. The van der Waals surface area contributed by atoms with E-state index in [2.05, 4.69) is 37.9 Å². The minimum atomic E-state index is 0.387. The van der Waals surface area contributed by atoms with Crippen molar-refractivity contribution in [2.45, 2.75) is 32.7 Å². The van der Waals surface area contributed by atoms with E-state index in [0.717, 1.165) is 5.75 Å². The summed E-state index contributed by atoms with van der Waals surface area (Å²) in [6.07, 6.45) is 2.41. The van der Waals surface area contributed by atoms with Crippen LogP contribution in [0.25, 0.3) is 0 Å². The Morgan fingerprint density at radius 3 is 2.33 bits per heavy atom. The van der Waals surface area contributed by atoms with Crippen molar-refractivity contribution < 1.29 is 4.74 Å². The molecule has 18 heavy (non-hydrogen) atoms. The van der Waals surface area contributed by atoms with Gasteiger partial charge in [0.1, 0.15) is 5.75 Å². The Morgan fingerprint density at radius 2 is 1.89 bits per heavy atom. The topological polar surface area (TPSA) is 38.5 Å². The number of rotatable bonds is 7. The average molecular weight is 250 g/mol. The molecule has 3 nitrogen and oxygen atoms in total. The maximum atomic E-state index is 5.93. The number of hydrogen-bond donors (Lipinski definition) is 1. The van der Waals surface area contributed by atoms with Gasteiger partial charge in [0.15, 0.2) is 0 Å². The quantitative estimate of drug-likeness (QED) is 0.808. The highest BCUT2D eigenvalue weighted by Crippen LogP contribution is 2.23. The summed E-state index contributed by atoms with van der Waals surface area (Å²) >= 11 is 0. The molecule has 102 valence electrons. The van der Waals surface area contributed by atoms with Gasteiger partial charge < -0.3 is 15.4 Å². The Hall–Kier alpha value is -1.22. The van der Waals surface area contributed by atoms with Crippen LogP contribution in [0.3, 0.4) is 0 Å². The second-order valence-electron chi connectivity index (χ2n) is 4.88. The monoisotopic (exact) mass is 250 g/mol. The first-order valence-electron chi connectivity index (χ1n) is 6.71. The first kappa shape index (κ1) is 14.8. The third kappa shape index (κ3) is 3.64. The van der Waals surface area contributed by atoms with E-state index in [1.807, 2.05) is 12.1 Å². The van der Waals surface area contributed by atoms with Crippen LogP contribution in [0.4, 0.5) is 5.69 Å². The maximum absolute atomic E-state index is 5.93. The van der Waals surface area contributed by atoms with E-state index >= 15 is 0 Å². The summed E-state index contributed by atoms with van der Waals surface area (Å²) in [7, 11) is 3.80. The molecule has 2 N–H and O–H groups in total. The summed E-state index contributed by atoms with van der Waals surface area (Å²) in [6, 6.07) is 8.53. The minimum absolute atomic E-state index is 0.387. The van der Waals surface area contributed by atoms with Crippen LogP contribution in [0.5, 0.6) is 5.75 Å². The van der Waals surface area contributed by atoms with Crippen molar-refractivity contribution >= 4 is 5.69 Å². The molecular formula is C15H26N2O. The van der Waals surface area contributed by atoms with Gasteiger partial charge in [-0.3, -0.25) is 0 Å². The molecule has 0 fully saturated rings. The predicted octanol–water partition coefficient (Wildman–Crippen LogP) is 2.89. The van der Waals surface area contributed by atoms with E-state index in [9.17, 15) is 0 Å². The fourth-order valence-electron chi connectivity index (χ4n) is 2.43. The second kappa shape index (κ2) is 7.27. The van der Waals surface area contributed by atoms with E-state index in [1.165, 1.54) is 18.5 Å². The van der Waals surface area contributed by atoms with Crippen LogP contribution in [-0.2, 0) is 0 Å². The van der Waals surface area contributed by atoms with E-state index in [4.69, 9.17) is 10.5 Å². The zero-order valence-electron chi connectivity index (χ0n) is 12.0. The van der Waals surface area contributed by atoms with Crippen molar-refractivity contribution in [2.24, 2.45) is 11.7 Å². The van der Waals surface area contributed by atoms with Crippen molar-refractivity contribution in [2.75, 3.05) is 25.6 Å². The van der Waals surface area contributed by atoms with Crippen LogP contribution < -0.4 is 15.4 Å². The molecule has 0 radical (unpaired) electrons. The molecule has 0 aliphatic carbocycles. The van der Waals surface area contributed by atoms with Gasteiger partial charge in [-0.25, -0.2) is 0 Å². The van der Waals surface area contributed by atoms with Gasteiger partial charge in [0.05, 0.1) is 7.11 Å². The zero-order valence-corrected chi connectivity index (χ0v) is 12.0. The first-order valence-corrected chi connectivity index (χ1v) is 6.71. The Labute approximate surface area is 111 Å². The number of hydrogen-bond acceptors (Lipinski definition) is 3. The molecule has 0 bridgehead atoms. The van der Waals surface area contributed by atoms with Crippen LogP contribution in [0, 0.1) is 5.92 Å². The fraction of sp³-hybridized carbons (Fsp3) is 0.600. The highest BCUT2D eigenvalue weighted by molar-refractivity contribution is 5.49. The number of nitrogens with zero attached hydrogens (tertiary/aromatic N) is 1. The van der Waals surface area contributed by atoms with Gasteiger partial charge in [0, 0.05) is 25.3 Å². The zero-order chi connectivity index (χ0) is 13.5. The molecule has 0 aromatic heterocycles. The third-order valence-electron chi connectivity index (χ3n) is 3.62. The number of likely N-dealkylation sites (N-methyl/N-ethyl adjacent to an activating group) is 1. The van der Waals surface area contributed by atoms with Gasteiger partial charge in [-0.1, -0.05) is 20.3 Å². The SMILES string of the molecule is CCCC(C)C(CN)N(C)c1ccc(OC)cc1. The maximum Gasteiger partial charge on any atom is 0.119 e. The molecule has 0 amide bonds. The normalized spacial score (nSPS) is 14.1. The molecule has 0 heterocycles. The number of ether oxygens (including phenoxy) is 1. The van der Waals surface area contributed by atoms with Crippen molar-refractivity contribution in [3.8, 4) is 5.75 Å². The van der Waals surface area contributed by atoms with Gasteiger partial charge in [-0.05, 0) is 36.6 Å². The lowest BCUT2D eigenvalue weighted by atomic mass is 9.95. The number of benzene rings is 1. The van der Waals surface area contributed by atoms with Crippen LogP contribution >= 0.6 is 0 Å². The molecule has 0 saturated heterocycles.